The summed E-state index contributed by atoms with van der Waals surface area (Å²) in [5.41, 5.74) is 2.83. The Hall–Kier alpha value is -3.12. The lowest BCUT2D eigenvalue weighted by Crippen LogP contribution is -2.16. The molecule has 0 aliphatic carbocycles. The van der Waals surface area contributed by atoms with Gasteiger partial charge in [0.1, 0.15) is 23.1 Å². The normalized spacial score (nSPS) is 10.4. The second-order valence-electron chi connectivity index (χ2n) is 6.26. The van der Waals surface area contributed by atoms with Gasteiger partial charge in [0.2, 0.25) is 0 Å². The van der Waals surface area contributed by atoms with Crippen LogP contribution in [-0.4, -0.2) is 23.0 Å². The van der Waals surface area contributed by atoms with Crippen molar-refractivity contribution in [2.75, 3.05) is 17.7 Å². The molecule has 2 N–H and O–H groups in total. The predicted octanol–water partition coefficient (Wildman–Crippen LogP) is 4.62. The van der Waals surface area contributed by atoms with Gasteiger partial charge in [0.15, 0.2) is 0 Å². The molecule has 0 unspecified atom stereocenters. The number of carbonyl (C=O) groups excluding carboxylic acids is 1. The number of hydrogen-bond donors (Lipinski definition) is 2. The van der Waals surface area contributed by atoms with Crippen LogP contribution < -0.4 is 15.4 Å². The van der Waals surface area contributed by atoms with Crippen LogP contribution in [0.2, 0.25) is 5.02 Å². The number of rotatable bonds is 6. The van der Waals surface area contributed by atoms with Crippen molar-refractivity contribution in [3.63, 3.8) is 0 Å². The Labute approximate surface area is 168 Å². The van der Waals surface area contributed by atoms with Gasteiger partial charge >= 0.3 is 0 Å². The second-order valence-corrected chi connectivity index (χ2v) is 6.70. The Morgan fingerprint density at radius 2 is 1.89 bits per heavy atom. The van der Waals surface area contributed by atoms with E-state index in [9.17, 15) is 4.79 Å². The van der Waals surface area contributed by atoms with E-state index >= 15 is 0 Å². The molecule has 0 saturated carbocycles. The summed E-state index contributed by atoms with van der Waals surface area (Å²) < 4.78 is 5.36. The first kappa shape index (κ1) is 19.6. The van der Waals surface area contributed by atoms with Crippen LogP contribution in [0.15, 0.2) is 48.5 Å². The molecule has 0 fully saturated rings. The summed E-state index contributed by atoms with van der Waals surface area (Å²) in [7, 11) is 1.63. The molecule has 0 aliphatic rings. The summed E-state index contributed by atoms with van der Waals surface area (Å²) in [6, 6.07) is 14.7. The SMILES string of the molecule is COc1ccccc1CNc1cc(C(=O)Nc2cc(Cl)ccc2C)nc(C)n1. The van der Waals surface area contributed by atoms with Crippen LogP contribution in [0.3, 0.4) is 0 Å². The lowest BCUT2D eigenvalue weighted by Gasteiger charge is -2.12. The average molecular weight is 397 g/mol. The van der Waals surface area contributed by atoms with E-state index in [2.05, 4.69) is 20.6 Å². The van der Waals surface area contributed by atoms with Crippen LogP contribution in [0.4, 0.5) is 11.5 Å². The highest BCUT2D eigenvalue weighted by Gasteiger charge is 2.13. The van der Waals surface area contributed by atoms with Crippen molar-refractivity contribution in [3.05, 3.63) is 76.2 Å². The molecule has 3 rings (SSSR count). The Balaban J connectivity index is 1.77. The van der Waals surface area contributed by atoms with E-state index in [-0.39, 0.29) is 11.6 Å². The van der Waals surface area contributed by atoms with E-state index in [1.54, 1.807) is 32.2 Å². The molecule has 0 spiro atoms. The number of nitrogens with zero attached hydrogens (tertiary/aromatic N) is 2. The Morgan fingerprint density at radius 1 is 1.11 bits per heavy atom. The lowest BCUT2D eigenvalue weighted by molar-refractivity contribution is 0.102. The van der Waals surface area contributed by atoms with E-state index in [4.69, 9.17) is 16.3 Å². The third-order valence-electron chi connectivity index (χ3n) is 4.17. The van der Waals surface area contributed by atoms with Gasteiger partial charge in [0.05, 0.1) is 7.11 Å². The fourth-order valence-electron chi connectivity index (χ4n) is 2.72. The number of nitrogens with one attached hydrogen (secondary N) is 2. The number of halogens is 1. The van der Waals surface area contributed by atoms with Gasteiger partial charge in [0.25, 0.3) is 5.91 Å². The molecule has 1 aromatic heterocycles. The number of carbonyl (C=O) groups is 1. The van der Waals surface area contributed by atoms with Crippen molar-refractivity contribution in [1.29, 1.82) is 0 Å². The number of aryl methyl sites for hydroxylation is 2. The number of ether oxygens (including phenoxy) is 1. The minimum absolute atomic E-state index is 0.273. The molecule has 0 atom stereocenters. The molecule has 28 heavy (non-hydrogen) atoms. The standard InChI is InChI=1S/C21H21ClN4O2/c1-13-8-9-16(22)10-17(13)26-21(27)18-11-20(25-14(2)24-18)23-12-15-6-4-5-7-19(15)28-3/h4-11H,12H2,1-3H3,(H,26,27)(H,23,24,25). The largest absolute Gasteiger partial charge is 0.496 e. The van der Waals surface area contributed by atoms with Gasteiger partial charge in [-0.25, -0.2) is 9.97 Å². The van der Waals surface area contributed by atoms with Gasteiger partial charge in [-0.1, -0.05) is 35.9 Å². The van der Waals surface area contributed by atoms with Gasteiger partial charge < -0.3 is 15.4 Å². The molecule has 1 heterocycles. The maximum atomic E-state index is 12.7. The fraction of sp³-hybridized carbons (Fsp3) is 0.190. The van der Waals surface area contributed by atoms with Crippen LogP contribution in [0.1, 0.15) is 27.4 Å². The van der Waals surface area contributed by atoms with E-state index in [0.29, 0.717) is 28.9 Å². The summed E-state index contributed by atoms with van der Waals surface area (Å²) in [6.45, 7) is 4.15. The van der Waals surface area contributed by atoms with Gasteiger partial charge in [-0.05, 0) is 37.6 Å². The maximum absolute atomic E-state index is 12.7. The smallest absolute Gasteiger partial charge is 0.274 e. The van der Waals surface area contributed by atoms with Crippen LogP contribution in [0, 0.1) is 13.8 Å². The quantitative estimate of drug-likeness (QED) is 0.635. The Bertz CT molecular complexity index is 1010. The molecule has 7 heteroatoms. The van der Waals surface area contributed by atoms with Crippen molar-refractivity contribution < 1.29 is 9.53 Å². The molecule has 0 aliphatic heterocycles. The van der Waals surface area contributed by atoms with Crippen LogP contribution in [-0.2, 0) is 6.54 Å². The van der Waals surface area contributed by atoms with Crippen molar-refractivity contribution >= 4 is 29.0 Å². The summed E-state index contributed by atoms with van der Waals surface area (Å²) in [5.74, 6) is 1.52. The molecular weight excluding hydrogens is 376 g/mol. The number of benzene rings is 2. The minimum Gasteiger partial charge on any atom is -0.496 e. The molecule has 3 aromatic rings. The summed E-state index contributed by atoms with van der Waals surface area (Å²) >= 11 is 6.02. The Kier molecular flexibility index (Phi) is 6.11. The second kappa shape index (κ2) is 8.71. The van der Waals surface area contributed by atoms with Crippen molar-refractivity contribution in [1.82, 2.24) is 9.97 Å². The third-order valence-corrected chi connectivity index (χ3v) is 4.41. The Morgan fingerprint density at radius 3 is 2.68 bits per heavy atom. The summed E-state index contributed by atoms with van der Waals surface area (Å²) in [4.78, 5) is 21.3. The maximum Gasteiger partial charge on any atom is 0.274 e. The van der Waals surface area contributed by atoms with E-state index < -0.39 is 0 Å². The number of anilines is 2. The minimum atomic E-state index is -0.323. The highest BCUT2D eigenvalue weighted by atomic mass is 35.5. The number of methoxy groups -OCH3 is 1. The van der Waals surface area contributed by atoms with Crippen LogP contribution in [0.25, 0.3) is 0 Å². The topological polar surface area (TPSA) is 76.1 Å². The molecule has 1 amide bonds. The third kappa shape index (κ3) is 4.78. The molecule has 144 valence electrons. The molecule has 0 bridgehead atoms. The zero-order valence-electron chi connectivity index (χ0n) is 15.9. The zero-order valence-corrected chi connectivity index (χ0v) is 16.7. The van der Waals surface area contributed by atoms with E-state index in [0.717, 1.165) is 16.9 Å². The number of hydrogen-bond acceptors (Lipinski definition) is 5. The average Bonchev–Trinajstić information content (AvgIpc) is 2.69. The van der Waals surface area contributed by atoms with Crippen molar-refractivity contribution in [2.45, 2.75) is 20.4 Å². The van der Waals surface area contributed by atoms with Gasteiger partial charge in [-0.2, -0.15) is 0 Å². The predicted molar refractivity (Wildman–Crippen MR) is 111 cm³/mol. The highest BCUT2D eigenvalue weighted by molar-refractivity contribution is 6.31. The first-order chi connectivity index (χ1) is 13.5. The van der Waals surface area contributed by atoms with Gasteiger partial charge in [-0.15, -0.1) is 0 Å². The first-order valence-electron chi connectivity index (χ1n) is 8.75. The van der Waals surface area contributed by atoms with E-state index in [1.165, 1.54) is 0 Å². The summed E-state index contributed by atoms with van der Waals surface area (Å²) in [5, 5.41) is 6.63. The monoisotopic (exact) mass is 396 g/mol. The summed E-state index contributed by atoms with van der Waals surface area (Å²) in [6.07, 6.45) is 0. The highest BCUT2D eigenvalue weighted by Crippen LogP contribution is 2.22. The molecule has 6 nitrogen and oxygen atoms in total. The van der Waals surface area contributed by atoms with Gasteiger partial charge in [0, 0.05) is 28.9 Å². The lowest BCUT2D eigenvalue weighted by atomic mass is 10.2. The van der Waals surface area contributed by atoms with Crippen molar-refractivity contribution in [2.24, 2.45) is 0 Å². The van der Waals surface area contributed by atoms with Crippen molar-refractivity contribution in [3.8, 4) is 5.75 Å². The van der Waals surface area contributed by atoms with Crippen LogP contribution in [0.5, 0.6) is 5.75 Å². The molecular formula is C21H21ClN4O2. The first-order valence-corrected chi connectivity index (χ1v) is 9.13. The number of aromatic nitrogens is 2. The van der Waals surface area contributed by atoms with Gasteiger partial charge in [-0.3, -0.25) is 4.79 Å². The molecule has 2 aromatic carbocycles. The van der Waals surface area contributed by atoms with E-state index in [1.807, 2.05) is 37.3 Å². The molecule has 0 saturated heterocycles. The number of amides is 1. The fourth-order valence-corrected chi connectivity index (χ4v) is 2.90. The van der Waals surface area contributed by atoms with Crippen LogP contribution >= 0.6 is 11.6 Å². The molecule has 0 radical (unpaired) electrons. The zero-order chi connectivity index (χ0) is 20.1. The number of para-hydroxylation sites is 1.